The topological polar surface area (TPSA) is 21.7 Å². The van der Waals surface area contributed by atoms with E-state index in [4.69, 9.17) is 9.47 Å². The summed E-state index contributed by atoms with van der Waals surface area (Å²) in [7, 11) is 1.72. The summed E-state index contributed by atoms with van der Waals surface area (Å²) in [5.74, 6) is 0.557. The number of piperidine rings is 1. The maximum Gasteiger partial charge on any atom is 0.0784 e. The SMILES string of the molecule is COC=CCC1C(OCc2ccc(Cc3ccccc3)cc2)CCC1N1CCCCC1. The molecule has 2 aliphatic rings. The number of likely N-dealkylation sites (tertiary alicyclic amines) is 1. The number of ether oxygens (including phenoxy) is 2. The first-order valence-electron chi connectivity index (χ1n) is 12.0. The third kappa shape index (κ3) is 6.21. The van der Waals surface area contributed by atoms with Gasteiger partial charge in [0, 0.05) is 12.0 Å². The van der Waals surface area contributed by atoms with E-state index in [1.165, 1.54) is 61.9 Å². The minimum absolute atomic E-state index is 0.331. The van der Waals surface area contributed by atoms with Gasteiger partial charge in [-0.2, -0.15) is 0 Å². The number of benzene rings is 2. The number of rotatable bonds is 9. The van der Waals surface area contributed by atoms with Crippen molar-refractivity contribution in [3.63, 3.8) is 0 Å². The molecule has 0 spiro atoms. The average molecular weight is 420 g/mol. The summed E-state index contributed by atoms with van der Waals surface area (Å²) in [6, 6.07) is 20.3. The summed E-state index contributed by atoms with van der Waals surface area (Å²) in [6.45, 7) is 3.21. The van der Waals surface area contributed by atoms with Crippen molar-refractivity contribution in [2.45, 2.75) is 63.7 Å². The summed E-state index contributed by atoms with van der Waals surface area (Å²) < 4.78 is 11.7. The highest BCUT2D eigenvalue weighted by atomic mass is 16.5. The highest BCUT2D eigenvalue weighted by Crippen LogP contribution is 2.37. The normalized spacial score (nSPS) is 24.6. The van der Waals surface area contributed by atoms with E-state index in [9.17, 15) is 0 Å². The summed E-state index contributed by atoms with van der Waals surface area (Å²) in [4.78, 5) is 2.73. The molecule has 0 bridgehead atoms. The van der Waals surface area contributed by atoms with E-state index in [0.29, 0.717) is 24.7 Å². The Morgan fingerprint density at radius 3 is 2.32 bits per heavy atom. The zero-order chi connectivity index (χ0) is 21.3. The predicted octanol–water partition coefficient (Wildman–Crippen LogP) is 5.98. The van der Waals surface area contributed by atoms with Crippen molar-refractivity contribution < 1.29 is 9.47 Å². The summed E-state index contributed by atoms with van der Waals surface area (Å²) in [6.07, 6.45) is 12.9. The molecule has 2 aromatic carbocycles. The molecule has 1 aliphatic carbocycles. The molecular formula is C28H37NO2. The van der Waals surface area contributed by atoms with Crippen LogP contribution in [0.5, 0.6) is 0 Å². The first-order chi connectivity index (χ1) is 15.3. The lowest BCUT2D eigenvalue weighted by molar-refractivity contribution is -0.000265. The van der Waals surface area contributed by atoms with Crippen molar-refractivity contribution >= 4 is 0 Å². The fraction of sp³-hybridized carbons (Fsp3) is 0.500. The van der Waals surface area contributed by atoms with Crippen LogP contribution < -0.4 is 0 Å². The predicted molar refractivity (Wildman–Crippen MR) is 127 cm³/mol. The van der Waals surface area contributed by atoms with Gasteiger partial charge in [-0.15, -0.1) is 0 Å². The Morgan fingerprint density at radius 1 is 0.871 bits per heavy atom. The van der Waals surface area contributed by atoms with Gasteiger partial charge in [0.2, 0.25) is 0 Å². The molecule has 4 rings (SSSR count). The third-order valence-electron chi connectivity index (χ3n) is 6.96. The van der Waals surface area contributed by atoms with Crippen molar-refractivity contribution in [2.24, 2.45) is 5.92 Å². The van der Waals surface area contributed by atoms with Crippen LogP contribution >= 0.6 is 0 Å². The van der Waals surface area contributed by atoms with Crippen molar-refractivity contribution in [1.29, 1.82) is 0 Å². The third-order valence-corrected chi connectivity index (χ3v) is 6.96. The van der Waals surface area contributed by atoms with Crippen molar-refractivity contribution in [3.05, 3.63) is 83.6 Å². The fourth-order valence-corrected chi connectivity index (χ4v) is 5.33. The Balaban J connectivity index is 1.34. The Kier molecular flexibility index (Phi) is 8.20. The van der Waals surface area contributed by atoms with E-state index in [2.05, 4.69) is 65.6 Å². The molecule has 31 heavy (non-hydrogen) atoms. The van der Waals surface area contributed by atoms with Gasteiger partial charge < -0.3 is 14.4 Å². The smallest absolute Gasteiger partial charge is 0.0784 e. The van der Waals surface area contributed by atoms with Gasteiger partial charge in [0.15, 0.2) is 0 Å². The van der Waals surface area contributed by atoms with Crippen LogP contribution in [-0.4, -0.2) is 37.2 Å². The minimum Gasteiger partial charge on any atom is -0.505 e. The Bertz CT molecular complexity index is 796. The van der Waals surface area contributed by atoms with Gasteiger partial charge in [0.1, 0.15) is 0 Å². The van der Waals surface area contributed by atoms with Crippen molar-refractivity contribution in [2.75, 3.05) is 20.2 Å². The second-order valence-corrected chi connectivity index (χ2v) is 9.08. The highest BCUT2D eigenvalue weighted by Gasteiger charge is 2.39. The lowest BCUT2D eigenvalue weighted by Crippen LogP contribution is -2.43. The zero-order valence-corrected chi connectivity index (χ0v) is 18.9. The summed E-state index contributed by atoms with van der Waals surface area (Å²) >= 11 is 0. The fourth-order valence-electron chi connectivity index (χ4n) is 5.33. The van der Waals surface area contributed by atoms with Crippen LogP contribution in [0.15, 0.2) is 66.9 Å². The van der Waals surface area contributed by atoms with Gasteiger partial charge in [0.25, 0.3) is 0 Å². The van der Waals surface area contributed by atoms with Crippen LogP contribution in [0.3, 0.4) is 0 Å². The van der Waals surface area contributed by atoms with Crippen molar-refractivity contribution in [3.8, 4) is 0 Å². The number of hydrogen-bond acceptors (Lipinski definition) is 3. The molecule has 0 amide bonds. The highest BCUT2D eigenvalue weighted by molar-refractivity contribution is 5.28. The molecule has 0 radical (unpaired) electrons. The summed E-state index contributed by atoms with van der Waals surface area (Å²) in [5, 5.41) is 0. The number of hydrogen-bond donors (Lipinski definition) is 0. The van der Waals surface area contributed by atoms with E-state index >= 15 is 0 Å². The largest absolute Gasteiger partial charge is 0.505 e. The first-order valence-corrected chi connectivity index (χ1v) is 12.0. The number of nitrogens with zero attached hydrogens (tertiary/aromatic N) is 1. The van der Waals surface area contributed by atoms with E-state index in [0.717, 1.165) is 12.8 Å². The molecule has 1 heterocycles. The molecule has 3 heteroatoms. The van der Waals surface area contributed by atoms with Crippen LogP contribution in [0.2, 0.25) is 0 Å². The molecule has 0 N–H and O–H groups in total. The van der Waals surface area contributed by atoms with Gasteiger partial charge in [-0.3, -0.25) is 0 Å². The van der Waals surface area contributed by atoms with Crippen LogP contribution in [0.4, 0.5) is 0 Å². The van der Waals surface area contributed by atoms with E-state index in [1.54, 1.807) is 7.11 Å². The molecule has 3 atom stereocenters. The van der Waals surface area contributed by atoms with E-state index < -0.39 is 0 Å². The summed E-state index contributed by atoms with van der Waals surface area (Å²) in [5.41, 5.74) is 3.97. The van der Waals surface area contributed by atoms with Gasteiger partial charge in [-0.1, -0.05) is 61.0 Å². The van der Waals surface area contributed by atoms with Crippen LogP contribution in [0, 0.1) is 5.92 Å². The Morgan fingerprint density at radius 2 is 1.58 bits per heavy atom. The van der Waals surface area contributed by atoms with Gasteiger partial charge in [-0.05, 0) is 74.4 Å². The average Bonchev–Trinajstić information content (AvgIpc) is 3.23. The number of allylic oxidation sites excluding steroid dienone is 1. The molecule has 166 valence electrons. The minimum atomic E-state index is 0.331. The lowest BCUT2D eigenvalue weighted by Gasteiger charge is -2.36. The second kappa shape index (κ2) is 11.5. The molecule has 1 saturated heterocycles. The van der Waals surface area contributed by atoms with Crippen LogP contribution in [0.1, 0.15) is 55.2 Å². The standard InChI is InChI=1S/C28H37NO2/c1-30-20-8-11-26-27(29-18-6-3-7-19-29)16-17-28(26)31-22-25-14-12-24(13-15-25)21-23-9-4-2-5-10-23/h2,4-5,8-10,12-15,20,26-28H,3,6-7,11,16-19,21-22H2,1H3. The molecular weight excluding hydrogens is 382 g/mol. The van der Waals surface area contributed by atoms with Crippen molar-refractivity contribution in [1.82, 2.24) is 4.90 Å². The monoisotopic (exact) mass is 419 g/mol. The number of methoxy groups -OCH3 is 1. The molecule has 1 saturated carbocycles. The van der Waals surface area contributed by atoms with Gasteiger partial charge >= 0.3 is 0 Å². The first kappa shape index (κ1) is 22.1. The van der Waals surface area contributed by atoms with Gasteiger partial charge in [-0.25, -0.2) is 0 Å². The van der Waals surface area contributed by atoms with Crippen LogP contribution in [0.25, 0.3) is 0 Å². The van der Waals surface area contributed by atoms with Crippen LogP contribution in [-0.2, 0) is 22.5 Å². The molecule has 2 fully saturated rings. The molecule has 3 nitrogen and oxygen atoms in total. The molecule has 0 aromatic heterocycles. The lowest BCUT2D eigenvalue weighted by atomic mass is 9.94. The Labute approximate surface area is 188 Å². The molecule has 1 aliphatic heterocycles. The molecule has 2 aromatic rings. The van der Waals surface area contributed by atoms with E-state index in [-0.39, 0.29) is 0 Å². The second-order valence-electron chi connectivity index (χ2n) is 9.08. The van der Waals surface area contributed by atoms with E-state index in [1.807, 2.05) is 6.26 Å². The quantitative estimate of drug-likeness (QED) is 0.467. The Hall–Kier alpha value is -2.10. The molecule has 3 unspecified atom stereocenters. The maximum absolute atomic E-state index is 6.51. The maximum atomic E-state index is 6.51. The van der Waals surface area contributed by atoms with Gasteiger partial charge in [0.05, 0.1) is 26.1 Å². The zero-order valence-electron chi connectivity index (χ0n) is 18.9.